The molecule has 0 bridgehead atoms. The maximum atomic E-state index is 10.6. The van der Waals surface area contributed by atoms with Crippen LogP contribution < -0.4 is 0 Å². The number of aromatic amines is 2. The minimum Gasteiger partial charge on any atom is -0.298 e. The number of nitrogens with one attached hydrogen (secondary N) is 2. The zero-order chi connectivity index (χ0) is 8.55. The third kappa shape index (κ3) is 0.928. The fourth-order valence-electron chi connectivity index (χ4n) is 1.01. The quantitative estimate of drug-likeness (QED) is 0.576. The smallest absolute Gasteiger partial charge is 0.240 e. The Morgan fingerprint density at radius 2 is 2.17 bits per heavy atom. The van der Waals surface area contributed by atoms with Gasteiger partial charge in [-0.05, 0) is 6.07 Å². The van der Waals surface area contributed by atoms with Crippen molar-refractivity contribution in [3.8, 4) is 0 Å². The van der Waals surface area contributed by atoms with Gasteiger partial charge in [-0.25, -0.2) is 0 Å². The van der Waals surface area contributed by atoms with Gasteiger partial charge in [0.25, 0.3) is 0 Å². The average molecular weight is 183 g/mol. The van der Waals surface area contributed by atoms with E-state index in [0.29, 0.717) is 10.9 Å². The second-order valence-corrected chi connectivity index (χ2v) is 3.11. The molecule has 0 unspecified atom stereocenters. The van der Waals surface area contributed by atoms with Crippen LogP contribution in [0.3, 0.4) is 0 Å². The summed E-state index contributed by atoms with van der Waals surface area (Å²) in [6.07, 6.45) is 3.10. The Kier molecular flexibility index (Phi) is 1.47. The number of hydrogen-bond donors (Lipinski definition) is 2. The van der Waals surface area contributed by atoms with Gasteiger partial charge in [-0.1, -0.05) is 0 Å². The molecule has 12 heavy (non-hydrogen) atoms. The highest BCUT2D eigenvalue weighted by atomic mass is 32.2. The Bertz CT molecular complexity index is 570. The number of pyridine rings is 1. The van der Waals surface area contributed by atoms with Crippen LogP contribution in [-0.2, 0) is 10.3 Å². The summed E-state index contributed by atoms with van der Waals surface area (Å²) in [5.41, 5.74) is 0.678. The van der Waals surface area contributed by atoms with E-state index in [-0.39, 0.29) is 4.64 Å². The predicted molar refractivity (Wildman–Crippen MR) is 42.6 cm³/mol. The molecule has 2 N–H and O–H groups in total. The Morgan fingerprint density at radius 3 is 2.92 bits per heavy atom. The molecular weight excluding hydrogens is 178 g/mol. The Balaban J connectivity index is 3.20. The molecule has 2 aromatic heterocycles. The van der Waals surface area contributed by atoms with Crippen molar-refractivity contribution in [2.24, 2.45) is 0 Å². The summed E-state index contributed by atoms with van der Waals surface area (Å²) >= 11 is 0. The molecule has 5 nitrogen and oxygen atoms in total. The molecule has 0 saturated heterocycles. The summed E-state index contributed by atoms with van der Waals surface area (Å²) < 4.78 is 21.4. The third-order valence-corrected chi connectivity index (χ3v) is 2.20. The van der Waals surface area contributed by atoms with Crippen molar-refractivity contribution >= 4 is 21.2 Å². The van der Waals surface area contributed by atoms with Crippen molar-refractivity contribution in [1.29, 1.82) is 0 Å². The molecule has 0 amide bonds. The van der Waals surface area contributed by atoms with E-state index in [1.165, 1.54) is 0 Å². The lowest BCUT2D eigenvalue weighted by Crippen LogP contribution is -1.70. The van der Waals surface area contributed by atoms with Gasteiger partial charge in [-0.15, -0.1) is 0 Å². The zero-order valence-electron chi connectivity index (χ0n) is 5.90. The standard InChI is InChI=1S/C6H5N3O2S/c10-12(11)6-4-1-2-7-3-5(4)8-9-6/h1-3,8-9H. The maximum absolute atomic E-state index is 10.6. The molecule has 0 aliphatic rings. The first kappa shape index (κ1) is 7.11. The molecule has 0 fully saturated rings. The largest absolute Gasteiger partial charge is 0.298 e. The monoisotopic (exact) mass is 183 g/mol. The van der Waals surface area contributed by atoms with Gasteiger partial charge in [-0.2, -0.15) is 8.42 Å². The van der Waals surface area contributed by atoms with Crippen molar-refractivity contribution in [3.05, 3.63) is 23.1 Å². The fraction of sp³-hybridized carbons (Fsp3) is 0. The van der Waals surface area contributed by atoms with Crippen LogP contribution in [0.1, 0.15) is 0 Å². The second-order valence-electron chi connectivity index (χ2n) is 2.24. The van der Waals surface area contributed by atoms with Crippen molar-refractivity contribution in [3.63, 3.8) is 0 Å². The molecule has 0 aliphatic carbocycles. The average Bonchev–Trinajstić information content (AvgIpc) is 2.47. The van der Waals surface area contributed by atoms with Crippen LogP contribution in [0.4, 0.5) is 0 Å². The molecule has 2 rings (SSSR count). The number of rotatable bonds is 0. The summed E-state index contributed by atoms with van der Waals surface area (Å²) in [6, 6.07) is 1.63. The van der Waals surface area contributed by atoms with Crippen LogP contribution in [0.2, 0.25) is 0 Å². The lowest BCUT2D eigenvalue weighted by molar-refractivity contribution is 0.624. The molecule has 2 heterocycles. The fourth-order valence-corrected chi connectivity index (χ4v) is 1.51. The van der Waals surface area contributed by atoms with Gasteiger partial charge in [0, 0.05) is 11.6 Å². The number of aromatic nitrogens is 3. The summed E-state index contributed by atoms with van der Waals surface area (Å²) in [5.74, 6) is 0. The number of nitrogens with zero attached hydrogens (tertiary/aromatic N) is 1. The highest BCUT2D eigenvalue weighted by Crippen LogP contribution is 2.07. The van der Waals surface area contributed by atoms with Gasteiger partial charge < -0.3 is 0 Å². The van der Waals surface area contributed by atoms with Crippen LogP contribution in [-0.4, -0.2) is 23.6 Å². The van der Waals surface area contributed by atoms with Gasteiger partial charge in [0.2, 0.25) is 10.3 Å². The van der Waals surface area contributed by atoms with Gasteiger partial charge >= 0.3 is 0 Å². The summed E-state index contributed by atoms with van der Waals surface area (Å²) in [5, 5.41) is 5.85. The number of hydrogen-bond acceptors (Lipinski definition) is 3. The summed E-state index contributed by atoms with van der Waals surface area (Å²) in [6.45, 7) is 0. The van der Waals surface area contributed by atoms with Crippen LogP contribution in [0, 0.1) is 4.64 Å². The van der Waals surface area contributed by atoms with E-state index < -0.39 is 10.3 Å². The SMILES string of the molecule is O=S(=O)=c1[nH][nH]c2cnccc12. The minimum atomic E-state index is -2.24. The molecule has 0 aromatic carbocycles. The van der Waals surface area contributed by atoms with Gasteiger partial charge in [0.05, 0.1) is 11.7 Å². The first-order chi connectivity index (χ1) is 5.79. The van der Waals surface area contributed by atoms with Gasteiger partial charge in [0.1, 0.15) is 0 Å². The van der Waals surface area contributed by atoms with E-state index in [2.05, 4.69) is 15.2 Å². The summed E-state index contributed by atoms with van der Waals surface area (Å²) in [7, 11) is -2.24. The van der Waals surface area contributed by atoms with E-state index in [4.69, 9.17) is 0 Å². The van der Waals surface area contributed by atoms with E-state index in [9.17, 15) is 8.42 Å². The van der Waals surface area contributed by atoms with Gasteiger partial charge in [-0.3, -0.25) is 15.2 Å². The molecular formula is C6H5N3O2S. The van der Waals surface area contributed by atoms with Crippen LogP contribution >= 0.6 is 0 Å². The van der Waals surface area contributed by atoms with Crippen LogP contribution in [0.15, 0.2) is 18.5 Å². The van der Waals surface area contributed by atoms with E-state index in [1.807, 2.05) is 0 Å². The Hall–Kier alpha value is -1.56. The highest BCUT2D eigenvalue weighted by molar-refractivity contribution is 7.64. The molecule has 0 saturated carbocycles. The van der Waals surface area contributed by atoms with Gasteiger partial charge in [0.15, 0.2) is 4.64 Å². The first-order valence-electron chi connectivity index (χ1n) is 3.21. The Morgan fingerprint density at radius 1 is 1.33 bits per heavy atom. The topological polar surface area (TPSA) is 78.6 Å². The first-order valence-corrected chi connectivity index (χ1v) is 4.29. The molecule has 2 aromatic rings. The Labute approximate surface area is 68.6 Å². The van der Waals surface area contributed by atoms with Crippen LogP contribution in [0.25, 0.3) is 10.9 Å². The van der Waals surface area contributed by atoms with E-state index >= 15 is 0 Å². The van der Waals surface area contributed by atoms with Crippen molar-refractivity contribution in [2.75, 3.05) is 0 Å². The number of fused-ring (bicyclic) bond motifs is 1. The molecule has 0 atom stereocenters. The normalized spacial score (nSPS) is 10.3. The molecule has 0 aliphatic heterocycles. The maximum Gasteiger partial charge on any atom is 0.240 e. The van der Waals surface area contributed by atoms with E-state index in [1.54, 1.807) is 18.5 Å². The molecule has 6 heteroatoms. The summed E-state index contributed by atoms with van der Waals surface area (Å²) in [4.78, 5) is 3.83. The highest BCUT2D eigenvalue weighted by Gasteiger charge is 1.96. The van der Waals surface area contributed by atoms with Crippen molar-refractivity contribution in [1.82, 2.24) is 15.2 Å². The zero-order valence-corrected chi connectivity index (χ0v) is 6.72. The lowest BCUT2D eigenvalue weighted by atomic mass is 10.3. The lowest BCUT2D eigenvalue weighted by Gasteiger charge is -1.81. The van der Waals surface area contributed by atoms with Crippen LogP contribution in [0.5, 0.6) is 0 Å². The third-order valence-electron chi connectivity index (χ3n) is 1.54. The predicted octanol–water partition coefficient (Wildman–Crippen LogP) is 0.302. The number of H-pyrrole nitrogens is 2. The minimum absolute atomic E-state index is 0.160. The van der Waals surface area contributed by atoms with Crippen molar-refractivity contribution < 1.29 is 8.42 Å². The van der Waals surface area contributed by atoms with E-state index in [0.717, 1.165) is 0 Å². The second kappa shape index (κ2) is 2.49. The molecule has 0 radical (unpaired) electrons. The molecule has 62 valence electrons. The van der Waals surface area contributed by atoms with Crippen molar-refractivity contribution in [2.45, 2.75) is 0 Å². The molecule has 0 spiro atoms.